The van der Waals surface area contributed by atoms with Crippen LogP contribution in [0.25, 0.3) is 0 Å². The molecular formula is C32H48O5. The highest BCUT2D eigenvalue weighted by atomic mass is 16.5. The maximum absolute atomic E-state index is 13.4. The van der Waals surface area contributed by atoms with Crippen LogP contribution in [0, 0.1) is 56.2 Å². The number of carbonyl (C=O) groups is 3. The van der Waals surface area contributed by atoms with Gasteiger partial charge in [-0.25, -0.2) is 0 Å². The Morgan fingerprint density at radius 1 is 0.919 bits per heavy atom. The molecule has 5 rings (SSSR count). The Kier molecular flexibility index (Phi) is 5.78. The number of carboxylic acid groups (broad SMARTS) is 1. The molecule has 0 spiro atoms. The molecule has 0 aliphatic heterocycles. The first-order valence-electron chi connectivity index (χ1n) is 14.6. The summed E-state index contributed by atoms with van der Waals surface area (Å²) < 4.78 is 5.46. The fourth-order valence-corrected chi connectivity index (χ4v) is 11.0. The first-order valence-corrected chi connectivity index (χ1v) is 14.6. The molecule has 4 fully saturated rings. The first-order chi connectivity index (χ1) is 17.0. The van der Waals surface area contributed by atoms with Crippen LogP contribution in [-0.4, -0.2) is 29.9 Å². The molecule has 5 nitrogen and oxygen atoms in total. The zero-order valence-electron chi connectivity index (χ0n) is 24.3. The van der Waals surface area contributed by atoms with E-state index in [1.807, 2.05) is 13.8 Å². The summed E-state index contributed by atoms with van der Waals surface area (Å²) in [7, 11) is 1.54. The zero-order chi connectivity index (χ0) is 27.4. The predicted octanol–water partition coefficient (Wildman–Crippen LogP) is 6.84. The maximum Gasteiger partial charge on any atom is 0.314 e. The van der Waals surface area contributed by atoms with Crippen LogP contribution >= 0.6 is 0 Å². The van der Waals surface area contributed by atoms with Gasteiger partial charge in [-0.05, 0) is 97.2 Å². The van der Waals surface area contributed by atoms with Crippen LogP contribution in [0.15, 0.2) is 11.6 Å². The molecule has 0 heterocycles. The van der Waals surface area contributed by atoms with Gasteiger partial charge < -0.3 is 9.84 Å². The number of rotatable bonds is 2. The van der Waals surface area contributed by atoms with Crippen LogP contribution in [0.5, 0.6) is 0 Å². The fraction of sp³-hybridized carbons (Fsp3) is 0.844. The lowest BCUT2D eigenvalue weighted by molar-refractivity contribution is -0.198. The molecular weight excluding hydrogens is 464 g/mol. The first kappa shape index (κ1) is 26.9. The van der Waals surface area contributed by atoms with Crippen molar-refractivity contribution >= 4 is 17.7 Å². The van der Waals surface area contributed by atoms with Crippen molar-refractivity contribution in [3.05, 3.63) is 11.6 Å². The van der Waals surface area contributed by atoms with Crippen molar-refractivity contribution in [1.29, 1.82) is 0 Å². The van der Waals surface area contributed by atoms with Crippen LogP contribution in [0.3, 0.4) is 0 Å². The summed E-state index contributed by atoms with van der Waals surface area (Å²) in [6, 6.07) is 0. The van der Waals surface area contributed by atoms with E-state index in [0.717, 1.165) is 51.4 Å². The van der Waals surface area contributed by atoms with Crippen molar-refractivity contribution in [3.63, 3.8) is 0 Å². The van der Waals surface area contributed by atoms with E-state index in [1.165, 1.54) is 5.57 Å². The lowest BCUT2D eigenvalue weighted by atomic mass is 9.33. The van der Waals surface area contributed by atoms with E-state index >= 15 is 0 Å². The van der Waals surface area contributed by atoms with E-state index in [0.29, 0.717) is 12.3 Å². The number of ether oxygens (including phenoxy) is 1. The van der Waals surface area contributed by atoms with E-state index in [4.69, 9.17) is 4.74 Å². The molecule has 206 valence electrons. The van der Waals surface area contributed by atoms with Crippen LogP contribution in [-0.2, 0) is 19.1 Å². The Balaban J connectivity index is 1.62. The number of Topliss-reactive ketones (excluding diaryl/α,β-unsaturated/α-hetero) is 1. The standard InChI is InChI=1S/C32H48O5/c1-27(2)13-15-32(26(36)37-8)16-14-30(6)20(21(32)18-27)9-10-23-29(5)17-19(25(34)35)24(33)28(3,4)22(29)11-12-31(23,30)7/h9,19,21-23H,10-18H2,1-8H3,(H,34,35)/t19?,21-,22-,23+,29-,30+,31+,32-/m0/s1. The van der Waals surface area contributed by atoms with Crippen LogP contribution in [0.2, 0.25) is 0 Å². The predicted molar refractivity (Wildman–Crippen MR) is 143 cm³/mol. The van der Waals surface area contributed by atoms with Gasteiger partial charge in [0.1, 0.15) is 5.92 Å². The third-order valence-corrected chi connectivity index (χ3v) is 13.3. The van der Waals surface area contributed by atoms with E-state index in [2.05, 4.69) is 40.7 Å². The molecule has 5 aliphatic rings. The minimum atomic E-state index is -0.965. The quantitative estimate of drug-likeness (QED) is 0.249. The Morgan fingerprint density at radius 3 is 2.19 bits per heavy atom. The second-order valence-electron chi connectivity index (χ2n) is 15.5. The van der Waals surface area contributed by atoms with Gasteiger partial charge in [-0.15, -0.1) is 0 Å². The minimum absolute atomic E-state index is 0.00821. The van der Waals surface area contributed by atoms with Crippen molar-refractivity contribution in [2.75, 3.05) is 7.11 Å². The Labute approximate surface area is 223 Å². The summed E-state index contributed by atoms with van der Waals surface area (Å²) in [4.78, 5) is 39.0. The van der Waals surface area contributed by atoms with Gasteiger partial charge in [0.2, 0.25) is 0 Å². The summed E-state index contributed by atoms with van der Waals surface area (Å²) in [5.41, 5.74) is 0.316. The van der Waals surface area contributed by atoms with E-state index in [1.54, 1.807) is 7.11 Å². The molecule has 4 saturated carbocycles. The number of carbonyl (C=O) groups excluding carboxylic acids is 2. The minimum Gasteiger partial charge on any atom is -0.481 e. The molecule has 1 N–H and O–H groups in total. The number of fused-ring (bicyclic) bond motifs is 7. The second kappa shape index (κ2) is 7.94. The van der Waals surface area contributed by atoms with Crippen molar-refractivity contribution in [3.8, 4) is 0 Å². The molecule has 8 atom stereocenters. The Bertz CT molecular complexity index is 1070. The van der Waals surface area contributed by atoms with Gasteiger partial charge in [-0.2, -0.15) is 0 Å². The van der Waals surface area contributed by atoms with Crippen LogP contribution in [0.4, 0.5) is 0 Å². The van der Waals surface area contributed by atoms with Crippen molar-refractivity contribution in [2.45, 2.75) is 106 Å². The van der Waals surface area contributed by atoms with Crippen molar-refractivity contribution in [1.82, 2.24) is 0 Å². The van der Waals surface area contributed by atoms with Crippen LogP contribution in [0.1, 0.15) is 106 Å². The van der Waals surface area contributed by atoms with Gasteiger partial charge in [0.15, 0.2) is 5.78 Å². The van der Waals surface area contributed by atoms with Crippen molar-refractivity contribution < 1.29 is 24.2 Å². The topological polar surface area (TPSA) is 80.7 Å². The molecule has 0 bridgehead atoms. The molecule has 5 heteroatoms. The number of aliphatic carboxylic acids is 1. The average molecular weight is 513 g/mol. The van der Waals surface area contributed by atoms with Crippen LogP contribution < -0.4 is 0 Å². The second-order valence-corrected chi connectivity index (χ2v) is 15.5. The summed E-state index contributed by atoms with van der Waals surface area (Å²) in [6.45, 7) is 15.9. The monoisotopic (exact) mass is 512 g/mol. The largest absolute Gasteiger partial charge is 0.481 e. The van der Waals surface area contributed by atoms with Gasteiger partial charge in [-0.1, -0.05) is 60.1 Å². The molecule has 37 heavy (non-hydrogen) atoms. The number of carboxylic acids is 1. The van der Waals surface area contributed by atoms with E-state index in [9.17, 15) is 19.5 Å². The SMILES string of the molecule is COC(=O)[C@]12CCC(C)(C)C[C@H]1C1=CC[C@@H]3[C@@]4(C)CC(C(=O)O)C(=O)C(C)(C)[C@@H]4CC[C@@]3(C)[C@]1(C)CC2. The van der Waals surface area contributed by atoms with Crippen molar-refractivity contribution in [2.24, 2.45) is 56.2 Å². The highest BCUT2D eigenvalue weighted by Gasteiger charge is 2.70. The smallest absolute Gasteiger partial charge is 0.314 e. The number of allylic oxidation sites excluding steroid dienone is 2. The van der Waals surface area contributed by atoms with E-state index < -0.39 is 22.7 Å². The van der Waals surface area contributed by atoms with Gasteiger partial charge in [0.05, 0.1) is 12.5 Å². The molecule has 0 aromatic heterocycles. The zero-order valence-corrected chi connectivity index (χ0v) is 24.3. The summed E-state index contributed by atoms with van der Waals surface area (Å²) >= 11 is 0. The Hall–Kier alpha value is -1.65. The fourth-order valence-electron chi connectivity index (χ4n) is 11.0. The molecule has 0 radical (unpaired) electrons. The number of methoxy groups -OCH3 is 1. The number of esters is 1. The third-order valence-electron chi connectivity index (χ3n) is 13.3. The highest BCUT2D eigenvalue weighted by molar-refractivity contribution is 6.02. The molecule has 0 aromatic rings. The van der Waals surface area contributed by atoms with Gasteiger partial charge in [-0.3, -0.25) is 14.4 Å². The third kappa shape index (κ3) is 3.30. The lowest BCUT2D eigenvalue weighted by Gasteiger charge is -2.70. The Morgan fingerprint density at radius 2 is 1.57 bits per heavy atom. The number of hydrogen-bond acceptors (Lipinski definition) is 4. The average Bonchev–Trinajstić information content (AvgIpc) is 2.81. The van der Waals surface area contributed by atoms with Gasteiger partial charge >= 0.3 is 11.9 Å². The maximum atomic E-state index is 13.4. The summed E-state index contributed by atoms with van der Waals surface area (Å²) in [6.07, 6.45) is 10.6. The number of hydrogen-bond donors (Lipinski definition) is 1. The molecule has 0 saturated heterocycles. The highest BCUT2D eigenvalue weighted by Crippen LogP contribution is 2.75. The molecule has 0 aromatic carbocycles. The summed E-state index contributed by atoms with van der Waals surface area (Å²) in [5.74, 6) is -1.32. The van der Waals surface area contributed by atoms with E-state index in [-0.39, 0.29) is 45.2 Å². The lowest BCUT2D eigenvalue weighted by Crippen LogP contribution is -2.66. The van der Waals surface area contributed by atoms with Gasteiger partial charge in [0.25, 0.3) is 0 Å². The van der Waals surface area contributed by atoms with Gasteiger partial charge in [0, 0.05) is 5.41 Å². The molecule has 5 aliphatic carbocycles. The normalized spacial score (nSPS) is 47.9. The molecule has 0 amide bonds. The molecule has 1 unspecified atom stereocenters. The number of ketones is 1. The summed E-state index contributed by atoms with van der Waals surface area (Å²) in [5, 5.41) is 10.0.